The molecule has 0 unspecified atom stereocenters. The van der Waals surface area contributed by atoms with E-state index in [0.29, 0.717) is 19.4 Å². The summed E-state index contributed by atoms with van der Waals surface area (Å²) in [4.78, 5) is 15.6. The molecule has 0 aliphatic carbocycles. The van der Waals surface area contributed by atoms with Crippen molar-refractivity contribution in [3.63, 3.8) is 0 Å². The van der Waals surface area contributed by atoms with Crippen LogP contribution in [0.25, 0.3) is 10.9 Å². The predicted octanol–water partition coefficient (Wildman–Crippen LogP) is 1.73. The molecule has 1 amide bonds. The molecule has 0 fully saturated rings. The second-order valence-electron chi connectivity index (χ2n) is 4.29. The quantitative estimate of drug-likeness (QED) is 0.384. The molecule has 2 aromatic rings. The molecule has 1 aromatic carbocycles. The Morgan fingerprint density at radius 1 is 1.37 bits per heavy atom. The number of fused-ring (bicyclic) bond motifs is 1. The van der Waals surface area contributed by atoms with Crippen molar-refractivity contribution in [2.75, 3.05) is 13.7 Å². The Morgan fingerprint density at radius 2 is 2.16 bits per heavy atom. The topological polar surface area (TPSA) is 68.5 Å². The van der Waals surface area contributed by atoms with Crippen molar-refractivity contribution >= 4 is 16.8 Å². The Morgan fingerprint density at radius 3 is 2.95 bits per heavy atom. The Kier molecular flexibility index (Phi) is 4.30. The number of pyridine rings is 1. The molecular weight excluding hydrogens is 242 g/mol. The number of carbonyl (C=O) groups excluding carboxylic acids is 1. The van der Waals surface area contributed by atoms with Crippen LogP contribution in [-0.4, -0.2) is 29.6 Å². The van der Waals surface area contributed by atoms with Gasteiger partial charge in [-0.25, -0.2) is 5.84 Å². The van der Waals surface area contributed by atoms with Crippen molar-refractivity contribution in [1.82, 2.24) is 9.99 Å². The zero-order valence-corrected chi connectivity index (χ0v) is 10.9. The van der Waals surface area contributed by atoms with E-state index in [-0.39, 0.29) is 5.91 Å². The minimum Gasteiger partial charge on any atom is -0.491 e. The van der Waals surface area contributed by atoms with Crippen LogP contribution in [0, 0.1) is 0 Å². The van der Waals surface area contributed by atoms with Gasteiger partial charge in [0.05, 0.1) is 6.61 Å². The first-order valence-corrected chi connectivity index (χ1v) is 6.16. The maximum Gasteiger partial charge on any atom is 0.236 e. The van der Waals surface area contributed by atoms with Crippen LogP contribution >= 0.6 is 0 Å². The third-order valence-electron chi connectivity index (χ3n) is 2.78. The van der Waals surface area contributed by atoms with Gasteiger partial charge >= 0.3 is 0 Å². The maximum absolute atomic E-state index is 11.3. The third-order valence-corrected chi connectivity index (χ3v) is 2.78. The Balaban J connectivity index is 1.93. The van der Waals surface area contributed by atoms with E-state index in [1.807, 2.05) is 30.3 Å². The highest BCUT2D eigenvalue weighted by molar-refractivity contribution is 5.84. The number of amides is 1. The minimum absolute atomic E-state index is 0.0976. The number of hydrogen-bond acceptors (Lipinski definition) is 4. The fourth-order valence-electron chi connectivity index (χ4n) is 1.77. The summed E-state index contributed by atoms with van der Waals surface area (Å²) in [6.07, 6.45) is 2.75. The normalized spacial score (nSPS) is 10.4. The number of carbonyl (C=O) groups is 1. The molecule has 0 radical (unpaired) electrons. The van der Waals surface area contributed by atoms with E-state index in [1.54, 1.807) is 6.20 Å². The van der Waals surface area contributed by atoms with E-state index in [2.05, 4.69) is 4.98 Å². The first kappa shape index (κ1) is 13.3. The lowest BCUT2D eigenvalue weighted by molar-refractivity contribution is -0.130. The summed E-state index contributed by atoms with van der Waals surface area (Å²) in [5, 5.41) is 2.14. The monoisotopic (exact) mass is 259 g/mol. The second-order valence-corrected chi connectivity index (χ2v) is 4.29. The summed E-state index contributed by atoms with van der Waals surface area (Å²) >= 11 is 0. The fraction of sp³-hybridized carbons (Fsp3) is 0.286. The van der Waals surface area contributed by atoms with Gasteiger partial charge in [-0.15, -0.1) is 0 Å². The van der Waals surface area contributed by atoms with Gasteiger partial charge < -0.3 is 4.74 Å². The van der Waals surface area contributed by atoms with Crippen molar-refractivity contribution in [2.24, 2.45) is 5.84 Å². The molecule has 2 rings (SSSR count). The highest BCUT2D eigenvalue weighted by atomic mass is 16.5. The number of ether oxygens (including phenoxy) is 1. The van der Waals surface area contributed by atoms with Gasteiger partial charge in [0.25, 0.3) is 0 Å². The molecule has 0 saturated carbocycles. The van der Waals surface area contributed by atoms with Gasteiger partial charge in [0.1, 0.15) is 11.3 Å². The van der Waals surface area contributed by atoms with Crippen molar-refractivity contribution in [3.05, 3.63) is 36.5 Å². The molecule has 0 bridgehead atoms. The largest absolute Gasteiger partial charge is 0.491 e. The number of rotatable bonds is 5. The molecular formula is C14H17N3O2. The summed E-state index contributed by atoms with van der Waals surface area (Å²) in [6, 6.07) is 9.68. The second kappa shape index (κ2) is 6.15. The van der Waals surface area contributed by atoms with Gasteiger partial charge in [-0.2, -0.15) is 0 Å². The average Bonchev–Trinajstić information content (AvgIpc) is 2.43. The van der Waals surface area contributed by atoms with Gasteiger partial charge in [-0.05, 0) is 18.6 Å². The smallest absolute Gasteiger partial charge is 0.236 e. The molecule has 5 nitrogen and oxygen atoms in total. The van der Waals surface area contributed by atoms with Crippen molar-refractivity contribution in [3.8, 4) is 5.75 Å². The van der Waals surface area contributed by atoms with Gasteiger partial charge in [-0.3, -0.25) is 14.8 Å². The summed E-state index contributed by atoms with van der Waals surface area (Å²) in [5.74, 6) is 5.98. The summed E-state index contributed by atoms with van der Waals surface area (Å²) < 4.78 is 5.68. The van der Waals surface area contributed by atoms with Crippen LogP contribution in [0.4, 0.5) is 0 Å². The lowest BCUT2D eigenvalue weighted by Gasteiger charge is -2.11. The highest BCUT2D eigenvalue weighted by Crippen LogP contribution is 2.22. The number of hydrazine groups is 1. The lowest BCUT2D eigenvalue weighted by atomic mass is 10.2. The third kappa shape index (κ3) is 3.42. The zero-order chi connectivity index (χ0) is 13.7. The van der Waals surface area contributed by atoms with Gasteiger partial charge in [0, 0.05) is 25.1 Å². The van der Waals surface area contributed by atoms with Crippen molar-refractivity contribution < 1.29 is 9.53 Å². The highest BCUT2D eigenvalue weighted by Gasteiger charge is 2.05. The van der Waals surface area contributed by atoms with E-state index in [9.17, 15) is 4.79 Å². The van der Waals surface area contributed by atoms with E-state index in [1.165, 1.54) is 7.05 Å². The number of hydrogen-bond donors (Lipinski definition) is 1. The van der Waals surface area contributed by atoms with Gasteiger partial charge in [-0.1, -0.05) is 18.2 Å². The number of para-hydroxylation sites is 1. The number of nitrogens with zero attached hydrogens (tertiary/aromatic N) is 2. The summed E-state index contributed by atoms with van der Waals surface area (Å²) in [5.41, 5.74) is 0.840. The molecule has 0 aliphatic heterocycles. The average molecular weight is 259 g/mol. The van der Waals surface area contributed by atoms with Gasteiger partial charge in [0.2, 0.25) is 5.91 Å². The predicted molar refractivity (Wildman–Crippen MR) is 73.4 cm³/mol. The summed E-state index contributed by atoms with van der Waals surface area (Å²) in [6.45, 7) is 0.468. The number of benzene rings is 1. The standard InChI is InChI=1S/C14H17N3O2/c1-17(15)13(18)8-4-10-19-12-7-2-5-11-6-3-9-16-14(11)12/h2-3,5-7,9H,4,8,10,15H2,1H3. The van der Waals surface area contributed by atoms with E-state index in [4.69, 9.17) is 10.6 Å². The molecule has 100 valence electrons. The van der Waals surface area contributed by atoms with E-state index >= 15 is 0 Å². The summed E-state index contributed by atoms with van der Waals surface area (Å²) in [7, 11) is 1.54. The van der Waals surface area contributed by atoms with Crippen molar-refractivity contribution in [1.29, 1.82) is 0 Å². The maximum atomic E-state index is 11.3. The Bertz CT molecular complexity index is 564. The van der Waals surface area contributed by atoms with E-state index < -0.39 is 0 Å². The molecule has 0 spiro atoms. The van der Waals surface area contributed by atoms with Crippen LogP contribution < -0.4 is 10.6 Å². The first-order chi connectivity index (χ1) is 9.18. The number of aromatic nitrogens is 1. The molecule has 19 heavy (non-hydrogen) atoms. The molecule has 0 aliphatic rings. The SMILES string of the molecule is CN(N)C(=O)CCCOc1cccc2cccnc12. The van der Waals surface area contributed by atoms with Crippen LogP contribution in [0.1, 0.15) is 12.8 Å². The first-order valence-electron chi connectivity index (χ1n) is 6.16. The molecule has 0 atom stereocenters. The van der Waals surface area contributed by atoms with Crippen LogP contribution in [0.5, 0.6) is 5.75 Å². The Hall–Kier alpha value is -2.14. The fourth-order valence-corrected chi connectivity index (χ4v) is 1.77. The van der Waals surface area contributed by atoms with Crippen LogP contribution in [0.15, 0.2) is 36.5 Å². The van der Waals surface area contributed by atoms with Crippen LogP contribution in [-0.2, 0) is 4.79 Å². The molecule has 0 saturated heterocycles. The van der Waals surface area contributed by atoms with E-state index in [0.717, 1.165) is 21.7 Å². The Labute approximate surface area is 112 Å². The molecule has 2 N–H and O–H groups in total. The van der Waals surface area contributed by atoms with Crippen LogP contribution in [0.3, 0.4) is 0 Å². The molecule has 1 heterocycles. The lowest BCUT2D eigenvalue weighted by Crippen LogP contribution is -2.33. The molecule has 1 aromatic heterocycles. The zero-order valence-electron chi connectivity index (χ0n) is 10.9. The van der Waals surface area contributed by atoms with Crippen LogP contribution in [0.2, 0.25) is 0 Å². The number of nitrogens with two attached hydrogens (primary N) is 1. The molecule has 5 heteroatoms. The van der Waals surface area contributed by atoms with Gasteiger partial charge in [0.15, 0.2) is 0 Å². The van der Waals surface area contributed by atoms with Crippen molar-refractivity contribution in [2.45, 2.75) is 12.8 Å². The minimum atomic E-state index is -0.0976.